The first kappa shape index (κ1) is 12.7. The fraction of sp³-hybridized carbons (Fsp3) is 0.235. The Morgan fingerprint density at radius 3 is 2.30 bits per heavy atom. The maximum atomic E-state index is 4.40. The van der Waals surface area contributed by atoms with Crippen LogP contribution in [0.1, 0.15) is 16.7 Å². The van der Waals surface area contributed by atoms with Crippen molar-refractivity contribution in [3.8, 4) is 0 Å². The van der Waals surface area contributed by atoms with Crippen LogP contribution in [0.3, 0.4) is 0 Å². The van der Waals surface area contributed by atoms with E-state index in [0.717, 1.165) is 12.5 Å². The number of aryl methyl sites for hydroxylation is 3. The first-order valence-electron chi connectivity index (χ1n) is 6.85. The monoisotopic (exact) mass is 265 g/mol. The highest BCUT2D eigenvalue weighted by Crippen LogP contribution is 2.29. The molecule has 0 atom stereocenters. The van der Waals surface area contributed by atoms with Gasteiger partial charge in [-0.1, -0.05) is 23.8 Å². The molecule has 2 aromatic rings. The van der Waals surface area contributed by atoms with Gasteiger partial charge in [0.25, 0.3) is 0 Å². The number of rotatable bonds is 2. The van der Waals surface area contributed by atoms with Crippen LogP contribution in [-0.4, -0.2) is 11.7 Å². The van der Waals surface area contributed by atoms with Gasteiger partial charge in [0.05, 0.1) is 0 Å². The molecule has 1 aliphatic rings. The molecule has 0 fully saturated rings. The second-order valence-corrected chi connectivity index (χ2v) is 5.31. The van der Waals surface area contributed by atoms with Crippen molar-refractivity contribution in [2.75, 3.05) is 16.5 Å². The number of hydrogen-bond donors (Lipinski definition) is 0. The minimum absolute atomic E-state index is 0.807. The third-order valence-corrected chi connectivity index (χ3v) is 3.60. The third-order valence-electron chi connectivity index (χ3n) is 3.60. The van der Waals surface area contributed by atoms with Crippen molar-refractivity contribution >= 4 is 11.5 Å². The van der Waals surface area contributed by atoms with E-state index in [1.54, 1.807) is 0 Å². The van der Waals surface area contributed by atoms with Crippen LogP contribution in [0.25, 0.3) is 0 Å². The van der Waals surface area contributed by atoms with Gasteiger partial charge in [-0.25, -0.2) is 4.98 Å². The summed E-state index contributed by atoms with van der Waals surface area (Å²) in [4.78, 5) is 8.82. The lowest BCUT2D eigenvalue weighted by Crippen LogP contribution is -2.26. The number of anilines is 2. The van der Waals surface area contributed by atoms with Crippen LogP contribution in [-0.2, 0) is 0 Å². The van der Waals surface area contributed by atoms with Gasteiger partial charge in [0.2, 0.25) is 0 Å². The Kier molecular flexibility index (Phi) is 3.18. The van der Waals surface area contributed by atoms with Crippen molar-refractivity contribution in [1.29, 1.82) is 0 Å². The Morgan fingerprint density at radius 2 is 1.65 bits per heavy atom. The predicted molar refractivity (Wildman–Crippen MR) is 83.9 cm³/mol. The maximum Gasteiger partial charge on any atom is 0.133 e. The summed E-state index contributed by atoms with van der Waals surface area (Å²) in [6.07, 6.45) is 6.04. The predicted octanol–water partition coefficient (Wildman–Crippen LogP) is 3.76. The quantitative estimate of drug-likeness (QED) is 0.824. The molecule has 1 aromatic carbocycles. The molecule has 20 heavy (non-hydrogen) atoms. The summed E-state index contributed by atoms with van der Waals surface area (Å²) in [6, 6.07) is 10.5. The van der Waals surface area contributed by atoms with E-state index in [0.29, 0.717) is 0 Å². The molecule has 2 heterocycles. The van der Waals surface area contributed by atoms with Crippen LogP contribution in [0.15, 0.2) is 48.9 Å². The van der Waals surface area contributed by atoms with Gasteiger partial charge in [-0.3, -0.25) is 0 Å². The lowest BCUT2D eigenvalue weighted by atomic mass is 10.0. The molecule has 0 bridgehead atoms. The summed E-state index contributed by atoms with van der Waals surface area (Å²) in [5, 5.41) is 0. The number of benzene rings is 1. The normalized spacial score (nSPS) is 14.2. The Bertz CT molecular complexity index is 624. The topological polar surface area (TPSA) is 19.4 Å². The number of hydrogen-bond acceptors (Lipinski definition) is 3. The second kappa shape index (κ2) is 5.00. The Morgan fingerprint density at radius 1 is 0.950 bits per heavy atom. The highest BCUT2D eigenvalue weighted by atomic mass is 15.4. The molecule has 0 saturated heterocycles. The van der Waals surface area contributed by atoms with Crippen LogP contribution < -0.4 is 9.80 Å². The third kappa shape index (κ3) is 2.27. The Labute approximate surface area is 120 Å². The largest absolute Gasteiger partial charge is 0.327 e. The molecule has 3 heteroatoms. The van der Waals surface area contributed by atoms with Crippen molar-refractivity contribution in [2.24, 2.45) is 0 Å². The first-order chi connectivity index (χ1) is 9.65. The van der Waals surface area contributed by atoms with Crippen molar-refractivity contribution in [3.63, 3.8) is 0 Å². The summed E-state index contributed by atoms with van der Waals surface area (Å²) < 4.78 is 0. The number of nitrogens with zero attached hydrogens (tertiary/aromatic N) is 3. The van der Waals surface area contributed by atoms with Gasteiger partial charge in [0.15, 0.2) is 0 Å². The fourth-order valence-corrected chi connectivity index (χ4v) is 2.86. The standard InChI is InChI=1S/C17H19N3/c1-13-10-14(2)17(15(3)11-13)20-9-8-19(12-20)16-6-4-5-7-18-16/h4-11H,12H2,1-3H3. The first-order valence-corrected chi connectivity index (χ1v) is 6.85. The number of pyridine rings is 1. The summed E-state index contributed by atoms with van der Waals surface area (Å²) in [5.41, 5.74) is 5.24. The minimum atomic E-state index is 0.807. The van der Waals surface area contributed by atoms with Crippen molar-refractivity contribution in [1.82, 2.24) is 4.98 Å². The van der Waals surface area contributed by atoms with E-state index in [2.05, 4.69) is 60.1 Å². The maximum absolute atomic E-state index is 4.40. The van der Waals surface area contributed by atoms with Crippen LogP contribution in [0.4, 0.5) is 11.5 Å². The summed E-state index contributed by atoms with van der Waals surface area (Å²) in [5.74, 6) is 0.980. The molecule has 0 radical (unpaired) electrons. The summed E-state index contributed by atoms with van der Waals surface area (Å²) in [7, 11) is 0. The highest BCUT2D eigenvalue weighted by molar-refractivity contribution is 5.65. The molecule has 0 spiro atoms. The highest BCUT2D eigenvalue weighted by Gasteiger charge is 2.18. The minimum Gasteiger partial charge on any atom is -0.327 e. The zero-order valence-corrected chi connectivity index (χ0v) is 12.2. The molecule has 0 aliphatic carbocycles. The molecule has 3 nitrogen and oxygen atoms in total. The van der Waals surface area contributed by atoms with Gasteiger partial charge in [-0.15, -0.1) is 0 Å². The zero-order valence-electron chi connectivity index (χ0n) is 12.2. The zero-order chi connectivity index (χ0) is 14.1. The lowest BCUT2D eigenvalue weighted by Gasteiger charge is -2.24. The molecule has 1 aliphatic heterocycles. The van der Waals surface area contributed by atoms with E-state index < -0.39 is 0 Å². The SMILES string of the molecule is Cc1cc(C)c(N2C=CN(c3ccccn3)C2)c(C)c1. The van der Waals surface area contributed by atoms with Gasteiger partial charge >= 0.3 is 0 Å². The summed E-state index contributed by atoms with van der Waals surface area (Å²) in [6.45, 7) is 7.30. The van der Waals surface area contributed by atoms with Gasteiger partial charge in [-0.2, -0.15) is 0 Å². The molecule has 1 aromatic heterocycles. The molecule has 0 N–H and O–H groups in total. The van der Waals surface area contributed by atoms with Crippen LogP contribution >= 0.6 is 0 Å². The second-order valence-electron chi connectivity index (χ2n) is 5.31. The molecular weight excluding hydrogens is 246 g/mol. The van der Waals surface area contributed by atoms with E-state index in [9.17, 15) is 0 Å². The van der Waals surface area contributed by atoms with E-state index in [-0.39, 0.29) is 0 Å². The van der Waals surface area contributed by atoms with Crippen molar-refractivity contribution in [2.45, 2.75) is 20.8 Å². The number of aromatic nitrogens is 1. The molecule has 0 saturated carbocycles. The Balaban J connectivity index is 1.87. The van der Waals surface area contributed by atoms with Crippen molar-refractivity contribution in [3.05, 3.63) is 65.6 Å². The molecule has 102 valence electrons. The molecule has 3 rings (SSSR count). The van der Waals surface area contributed by atoms with E-state index in [1.807, 2.05) is 24.4 Å². The molecular formula is C17H19N3. The fourth-order valence-electron chi connectivity index (χ4n) is 2.86. The van der Waals surface area contributed by atoms with Crippen molar-refractivity contribution < 1.29 is 0 Å². The van der Waals surface area contributed by atoms with Gasteiger partial charge < -0.3 is 9.80 Å². The van der Waals surface area contributed by atoms with E-state index in [1.165, 1.54) is 22.4 Å². The van der Waals surface area contributed by atoms with Gasteiger partial charge in [-0.05, 0) is 44.0 Å². The van der Waals surface area contributed by atoms with Gasteiger partial charge in [0, 0.05) is 24.3 Å². The average Bonchev–Trinajstić information content (AvgIpc) is 2.88. The van der Waals surface area contributed by atoms with Gasteiger partial charge in [0.1, 0.15) is 12.5 Å². The van der Waals surface area contributed by atoms with Crippen LogP contribution in [0.2, 0.25) is 0 Å². The lowest BCUT2D eigenvalue weighted by molar-refractivity contribution is 0.945. The smallest absolute Gasteiger partial charge is 0.133 e. The van der Waals surface area contributed by atoms with E-state index in [4.69, 9.17) is 0 Å². The van der Waals surface area contributed by atoms with E-state index >= 15 is 0 Å². The van der Waals surface area contributed by atoms with Crippen LogP contribution in [0, 0.1) is 20.8 Å². The molecule has 0 unspecified atom stereocenters. The Hall–Kier alpha value is -2.29. The molecule has 0 amide bonds. The summed E-state index contributed by atoms with van der Waals surface area (Å²) >= 11 is 0. The average molecular weight is 265 g/mol. The van der Waals surface area contributed by atoms with Crippen LogP contribution in [0.5, 0.6) is 0 Å².